The van der Waals surface area contributed by atoms with Crippen molar-refractivity contribution in [3.8, 4) is 0 Å². The summed E-state index contributed by atoms with van der Waals surface area (Å²) in [4.78, 5) is 27.4. The Kier molecular flexibility index (Phi) is 3.52. The fourth-order valence-electron chi connectivity index (χ4n) is 1.62. The number of carbonyl (C=O) groups is 1. The molecule has 0 spiro atoms. The van der Waals surface area contributed by atoms with E-state index in [9.17, 15) is 9.59 Å². The van der Waals surface area contributed by atoms with Crippen molar-refractivity contribution in [1.82, 2.24) is 9.55 Å². The average Bonchev–Trinajstić information content (AvgIpc) is 2.41. The van der Waals surface area contributed by atoms with Gasteiger partial charge < -0.3 is 9.30 Å². The van der Waals surface area contributed by atoms with Crippen molar-refractivity contribution in [1.29, 1.82) is 0 Å². The van der Waals surface area contributed by atoms with Gasteiger partial charge in [-0.1, -0.05) is 6.07 Å². The summed E-state index contributed by atoms with van der Waals surface area (Å²) in [6, 6.07) is 6.76. The molecule has 2 heterocycles. The highest BCUT2D eigenvalue weighted by Gasteiger charge is 2.11. The van der Waals surface area contributed by atoms with Gasteiger partial charge in [0.25, 0.3) is 5.56 Å². The Morgan fingerprint density at radius 3 is 2.89 bits per heavy atom. The molecule has 18 heavy (non-hydrogen) atoms. The van der Waals surface area contributed by atoms with Gasteiger partial charge in [-0.3, -0.25) is 9.78 Å². The molecular formula is C13H12N2O3. The fraction of sp³-hybridized carbons (Fsp3) is 0.154. The van der Waals surface area contributed by atoms with Gasteiger partial charge in [-0.25, -0.2) is 4.79 Å². The predicted octanol–water partition coefficient (Wildman–Crippen LogP) is 1.08. The second kappa shape index (κ2) is 5.27. The fourth-order valence-corrected chi connectivity index (χ4v) is 1.62. The molecule has 0 atom stereocenters. The van der Waals surface area contributed by atoms with E-state index in [4.69, 9.17) is 0 Å². The van der Waals surface area contributed by atoms with Gasteiger partial charge in [0.05, 0.1) is 13.7 Å². The second-order valence-corrected chi connectivity index (χ2v) is 3.71. The number of nitrogens with zero attached hydrogens (tertiary/aromatic N) is 2. The van der Waals surface area contributed by atoms with Crippen LogP contribution in [0, 0.1) is 0 Å². The molecule has 5 nitrogen and oxygen atoms in total. The van der Waals surface area contributed by atoms with Gasteiger partial charge in [-0.05, 0) is 23.8 Å². The maximum atomic E-state index is 12.0. The van der Waals surface area contributed by atoms with Crippen molar-refractivity contribution in [3.05, 3.63) is 64.3 Å². The first-order chi connectivity index (χ1) is 8.72. The molecule has 2 aromatic rings. The second-order valence-electron chi connectivity index (χ2n) is 3.71. The summed E-state index contributed by atoms with van der Waals surface area (Å²) in [7, 11) is 1.25. The highest BCUT2D eigenvalue weighted by molar-refractivity contribution is 5.88. The lowest BCUT2D eigenvalue weighted by atomic mass is 10.2. The van der Waals surface area contributed by atoms with Crippen LogP contribution in [-0.4, -0.2) is 22.6 Å². The Hall–Kier alpha value is -2.43. The molecule has 0 aliphatic heterocycles. The summed E-state index contributed by atoms with van der Waals surface area (Å²) in [5.74, 6) is -0.625. The highest BCUT2D eigenvalue weighted by atomic mass is 16.5. The van der Waals surface area contributed by atoms with E-state index in [2.05, 4.69) is 9.72 Å². The van der Waals surface area contributed by atoms with E-state index in [1.165, 1.54) is 17.7 Å². The maximum Gasteiger partial charge on any atom is 0.343 e. The van der Waals surface area contributed by atoms with Crippen LogP contribution in [0.5, 0.6) is 0 Å². The summed E-state index contributed by atoms with van der Waals surface area (Å²) < 4.78 is 6.01. The standard InChI is InChI=1S/C13H12N2O3/c1-18-13(17)11-5-3-7-15(12(11)16)9-10-4-2-6-14-8-10/h2-8H,9H2,1H3. The van der Waals surface area contributed by atoms with E-state index >= 15 is 0 Å². The highest BCUT2D eigenvalue weighted by Crippen LogP contribution is 2.00. The number of hydrogen-bond acceptors (Lipinski definition) is 4. The third kappa shape index (κ3) is 2.45. The number of rotatable bonds is 3. The first kappa shape index (κ1) is 12.0. The number of ether oxygens (including phenoxy) is 1. The van der Waals surface area contributed by atoms with E-state index < -0.39 is 5.97 Å². The van der Waals surface area contributed by atoms with Crippen molar-refractivity contribution in [2.24, 2.45) is 0 Å². The Bertz CT molecular complexity index is 605. The lowest BCUT2D eigenvalue weighted by molar-refractivity contribution is 0.0598. The van der Waals surface area contributed by atoms with Crippen LogP contribution in [0.3, 0.4) is 0 Å². The van der Waals surface area contributed by atoms with E-state index in [0.29, 0.717) is 6.54 Å². The summed E-state index contributed by atoms with van der Waals surface area (Å²) >= 11 is 0. The molecule has 5 heteroatoms. The molecule has 0 aliphatic rings. The molecule has 0 aromatic carbocycles. The Labute approximate surface area is 104 Å². The van der Waals surface area contributed by atoms with Gasteiger partial charge in [0.15, 0.2) is 0 Å². The zero-order chi connectivity index (χ0) is 13.0. The quantitative estimate of drug-likeness (QED) is 0.758. The molecule has 0 saturated heterocycles. The third-order valence-corrected chi connectivity index (χ3v) is 2.50. The minimum atomic E-state index is -0.625. The maximum absolute atomic E-state index is 12.0. The molecule has 0 aliphatic carbocycles. The van der Waals surface area contributed by atoms with Gasteiger partial charge in [0, 0.05) is 18.6 Å². The number of pyridine rings is 2. The van der Waals surface area contributed by atoms with Crippen LogP contribution in [0.1, 0.15) is 15.9 Å². The molecule has 0 amide bonds. The zero-order valence-electron chi connectivity index (χ0n) is 9.87. The molecule has 2 rings (SSSR count). The number of esters is 1. The Morgan fingerprint density at radius 2 is 2.22 bits per heavy atom. The van der Waals surface area contributed by atoms with Gasteiger partial charge in [-0.2, -0.15) is 0 Å². The van der Waals surface area contributed by atoms with E-state index in [0.717, 1.165) is 5.56 Å². The van der Waals surface area contributed by atoms with Crippen molar-refractivity contribution < 1.29 is 9.53 Å². The van der Waals surface area contributed by atoms with Gasteiger partial charge in [0.2, 0.25) is 0 Å². The summed E-state index contributed by atoms with van der Waals surface area (Å²) in [5, 5.41) is 0. The van der Waals surface area contributed by atoms with Crippen LogP contribution in [0.2, 0.25) is 0 Å². The SMILES string of the molecule is COC(=O)c1cccn(Cc2cccnc2)c1=O. The van der Waals surface area contributed by atoms with Crippen molar-refractivity contribution in [3.63, 3.8) is 0 Å². The topological polar surface area (TPSA) is 61.2 Å². The molecule has 0 unspecified atom stereocenters. The number of aromatic nitrogens is 2. The van der Waals surface area contributed by atoms with Crippen LogP contribution in [0.25, 0.3) is 0 Å². The van der Waals surface area contributed by atoms with E-state index in [1.807, 2.05) is 6.07 Å². The molecule has 0 radical (unpaired) electrons. The van der Waals surface area contributed by atoms with Crippen molar-refractivity contribution >= 4 is 5.97 Å². The van der Waals surface area contributed by atoms with E-state index in [-0.39, 0.29) is 11.1 Å². The number of hydrogen-bond donors (Lipinski definition) is 0. The molecule has 0 fully saturated rings. The Morgan fingerprint density at radius 1 is 1.39 bits per heavy atom. The van der Waals surface area contributed by atoms with Crippen molar-refractivity contribution in [2.45, 2.75) is 6.54 Å². The molecule has 0 saturated carbocycles. The molecular weight excluding hydrogens is 232 g/mol. The van der Waals surface area contributed by atoms with Gasteiger partial charge in [0.1, 0.15) is 5.56 Å². The van der Waals surface area contributed by atoms with Gasteiger partial charge in [-0.15, -0.1) is 0 Å². The minimum absolute atomic E-state index is 0.0314. The van der Waals surface area contributed by atoms with Crippen LogP contribution < -0.4 is 5.56 Å². The predicted molar refractivity (Wildman–Crippen MR) is 65.4 cm³/mol. The zero-order valence-corrected chi connectivity index (χ0v) is 9.87. The van der Waals surface area contributed by atoms with Crippen molar-refractivity contribution in [2.75, 3.05) is 7.11 Å². The van der Waals surface area contributed by atoms with Crippen LogP contribution in [-0.2, 0) is 11.3 Å². The Balaban J connectivity index is 2.35. The summed E-state index contributed by atoms with van der Waals surface area (Å²) in [6.07, 6.45) is 4.97. The summed E-state index contributed by atoms with van der Waals surface area (Å²) in [6.45, 7) is 0.373. The first-order valence-electron chi connectivity index (χ1n) is 5.39. The lowest BCUT2D eigenvalue weighted by Crippen LogP contribution is -2.26. The average molecular weight is 244 g/mol. The normalized spacial score (nSPS) is 10.1. The minimum Gasteiger partial charge on any atom is -0.465 e. The molecule has 2 aromatic heterocycles. The number of methoxy groups -OCH3 is 1. The van der Waals surface area contributed by atoms with Crippen LogP contribution >= 0.6 is 0 Å². The van der Waals surface area contributed by atoms with E-state index in [1.54, 1.807) is 30.7 Å². The van der Waals surface area contributed by atoms with Crippen LogP contribution in [0.15, 0.2) is 47.7 Å². The van der Waals surface area contributed by atoms with Gasteiger partial charge >= 0.3 is 5.97 Å². The number of carbonyl (C=O) groups excluding carboxylic acids is 1. The molecule has 0 N–H and O–H groups in total. The smallest absolute Gasteiger partial charge is 0.343 e. The molecule has 92 valence electrons. The van der Waals surface area contributed by atoms with Crippen LogP contribution in [0.4, 0.5) is 0 Å². The molecule has 0 bridgehead atoms. The largest absolute Gasteiger partial charge is 0.465 e. The third-order valence-electron chi connectivity index (χ3n) is 2.50. The monoisotopic (exact) mass is 244 g/mol. The first-order valence-corrected chi connectivity index (χ1v) is 5.39. The lowest BCUT2D eigenvalue weighted by Gasteiger charge is -2.06. The summed E-state index contributed by atoms with van der Waals surface area (Å²) in [5.41, 5.74) is 0.554.